The van der Waals surface area contributed by atoms with E-state index in [9.17, 15) is 21.6 Å². The van der Waals surface area contributed by atoms with Crippen molar-refractivity contribution in [1.29, 1.82) is 0 Å². The van der Waals surface area contributed by atoms with Gasteiger partial charge in [-0.05, 0) is 44.2 Å². The first-order valence-corrected chi connectivity index (χ1v) is 17.7. The Morgan fingerprint density at radius 3 is 2.18 bits per heavy atom. The highest BCUT2D eigenvalue weighted by Crippen LogP contribution is 2.31. The van der Waals surface area contributed by atoms with Gasteiger partial charge in [-0.3, -0.25) is 14.2 Å². The molecule has 2 heterocycles. The van der Waals surface area contributed by atoms with Gasteiger partial charge >= 0.3 is 0 Å². The van der Waals surface area contributed by atoms with Crippen LogP contribution in [0.4, 0.5) is 5.69 Å². The van der Waals surface area contributed by atoms with Crippen molar-refractivity contribution in [2.24, 2.45) is 0 Å². The maximum Gasteiger partial charge on any atom is 0.261 e. The Bertz CT molecular complexity index is 1880. The van der Waals surface area contributed by atoms with Gasteiger partial charge in [0.1, 0.15) is 16.4 Å². The van der Waals surface area contributed by atoms with Crippen molar-refractivity contribution in [3.05, 3.63) is 88.6 Å². The van der Waals surface area contributed by atoms with Gasteiger partial charge in [0.25, 0.3) is 10.1 Å². The third-order valence-corrected chi connectivity index (χ3v) is 9.46. The van der Waals surface area contributed by atoms with Crippen molar-refractivity contribution in [3.63, 3.8) is 0 Å². The minimum Gasteiger partial charge on any atom is -0.495 e. The molecule has 5 rings (SSSR count). The Kier molecular flexibility index (Phi) is 11.0. The van der Waals surface area contributed by atoms with E-state index in [0.29, 0.717) is 30.5 Å². The monoisotopic (exact) mass is 657 g/mol. The summed E-state index contributed by atoms with van der Waals surface area (Å²) in [4.78, 5) is 17.9. The Morgan fingerprint density at radius 1 is 0.911 bits per heavy atom. The number of fused-ring (bicyclic) bond motifs is 1. The number of sulfonamides is 1. The topological polar surface area (TPSA) is 138 Å². The molecule has 242 valence electrons. The lowest BCUT2D eigenvalue weighted by atomic mass is 10.1. The van der Waals surface area contributed by atoms with Crippen LogP contribution in [0.25, 0.3) is 22.3 Å². The van der Waals surface area contributed by atoms with Crippen molar-refractivity contribution in [2.75, 3.05) is 64.6 Å². The molecule has 1 aromatic heterocycles. The highest BCUT2D eigenvalue weighted by molar-refractivity contribution is 7.89. The maximum atomic E-state index is 13.7. The molecule has 0 amide bonds. The number of para-hydroxylation sites is 3. The molecule has 0 aliphatic carbocycles. The first-order chi connectivity index (χ1) is 21.3. The molecule has 1 fully saturated rings. The molecule has 0 spiro atoms. The van der Waals surface area contributed by atoms with E-state index in [1.165, 1.54) is 10.4 Å². The fourth-order valence-electron chi connectivity index (χ4n) is 5.26. The molecule has 11 nitrogen and oxygen atoms in total. The molecular formula is C32H39N3O8S2. The highest BCUT2D eigenvalue weighted by Gasteiger charge is 2.27. The van der Waals surface area contributed by atoms with E-state index in [1.807, 2.05) is 48.5 Å². The average Bonchev–Trinajstić information content (AvgIpc) is 3.02. The van der Waals surface area contributed by atoms with Gasteiger partial charge in [-0.1, -0.05) is 48.5 Å². The lowest BCUT2D eigenvalue weighted by Gasteiger charge is -2.36. The van der Waals surface area contributed by atoms with Gasteiger partial charge in [0.05, 0.1) is 24.4 Å². The van der Waals surface area contributed by atoms with Gasteiger partial charge in [-0.2, -0.15) is 8.42 Å². The largest absolute Gasteiger partial charge is 0.495 e. The third-order valence-electron chi connectivity index (χ3n) is 7.58. The van der Waals surface area contributed by atoms with Crippen LogP contribution >= 0.6 is 0 Å². The van der Waals surface area contributed by atoms with Crippen molar-refractivity contribution in [3.8, 4) is 17.1 Å². The predicted octanol–water partition coefficient (Wildman–Crippen LogP) is 4.11. The van der Waals surface area contributed by atoms with Crippen LogP contribution in [0.1, 0.15) is 12.0 Å². The Balaban J connectivity index is 0.000000854. The molecule has 45 heavy (non-hydrogen) atoms. The number of piperazine rings is 1. The standard InChI is InChI=1S/C31H35N3O5S.CH4O3S/c1-23-29(35)25-13-9-16-28(31(25)39-30(23)24-11-5-4-6-12-24)40(36,37)32(2)17-10-18-33-19-21-34(22-20-33)26-14-7-8-15-27(26)38-3;1-5(2,3)4/h4-9,11-16H,10,17-22H2,1-3H3;1H3,(H,2,3,4). The zero-order valence-electron chi connectivity index (χ0n) is 25.8. The number of ether oxygens (including phenoxy) is 1. The molecule has 0 unspecified atom stereocenters. The highest BCUT2D eigenvalue weighted by atomic mass is 32.2. The van der Waals surface area contributed by atoms with Crippen molar-refractivity contribution < 1.29 is 30.5 Å². The summed E-state index contributed by atoms with van der Waals surface area (Å²) in [6, 6.07) is 22.0. The van der Waals surface area contributed by atoms with E-state index >= 15 is 0 Å². The normalized spacial score (nSPS) is 14.3. The van der Waals surface area contributed by atoms with Crippen molar-refractivity contribution in [1.82, 2.24) is 9.21 Å². The number of rotatable bonds is 9. The molecule has 0 saturated carbocycles. The number of nitrogens with zero attached hydrogens (tertiary/aromatic N) is 3. The molecule has 13 heteroatoms. The number of methoxy groups -OCH3 is 1. The quantitative estimate of drug-likeness (QED) is 0.262. The minimum absolute atomic E-state index is 0.00667. The molecule has 0 atom stereocenters. The van der Waals surface area contributed by atoms with Crippen LogP contribution in [0.3, 0.4) is 0 Å². The Hall–Kier alpha value is -3.75. The van der Waals surface area contributed by atoms with Gasteiger partial charge < -0.3 is 14.1 Å². The summed E-state index contributed by atoms with van der Waals surface area (Å²) in [7, 11) is -4.29. The molecule has 4 aromatic rings. The van der Waals surface area contributed by atoms with Crippen LogP contribution < -0.4 is 15.1 Å². The van der Waals surface area contributed by atoms with E-state index in [1.54, 1.807) is 33.2 Å². The maximum absolute atomic E-state index is 13.7. The van der Waals surface area contributed by atoms with Gasteiger partial charge in [0, 0.05) is 50.9 Å². The van der Waals surface area contributed by atoms with Crippen LogP contribution in [-0.4, -0.2) is 90.3 Å². The summed E-state index contributed by atoms with van der Waals surface area (Å²) in [5, 5.41) is 0.263. The first-order valence-electron chi connectivity index (χ1n) is 14.4. The Labute approximate surface area is 264 Å². The predicted molar refractivity (Wildman–Crippen MR) is 176 cm³/mol. The van der Waals surface area contributed by atoms with E-state index in [-0.39, 0.29) is 21.3 Å². The van der Waals surface area contributed by atoms with E-state index in [0.717, 1.165) is 49.7 Å². The molecule has 0 bridgehead atoms. The summed E-state index contributed by atoms with van der Waals surface area (Å²) >= 11 is 0. The van der Waals surface area contributed by atoms with Crippen LogP contribution in [0.5, 0.6) is 5.75 Å². The second kappa shape index (κ2) is 14.6. The molecule has 3 aromatic carbocycles. The first kappa shape index (κ1) is 34.1. The van der Waals surface area contributed by atoms with Crippen LogP contribution in [0.2, 0.25) is 0 Å². The van der Waals surface area contributed by atoms with E-state index < -0.39 is 20.1 Å². The lowest BCUT2D eigenvalue weighted by molar-refractivity contribution is 0.248. The third kappa shape index (κ3) is 8.50. The van der Waals surface area contributed by atoms with Gasteiger partial charge in [0.2, 0.25) is 10.0 Å². The SMILES string of the molecule is COc1ccccc1N1CCN(CCCN(C)S(=O)(=O)c2cccc3c(=O)c(C)c(-c4ccccc4)oc23)CC1.CS(=O)(=O)O. The number of hydrogen-bond donors (Lipinski definition) is 1. The zero-order chi connectivity index (χ0) is 32.8. The minimum atomic E-state index is -3.89. The number of hydrogen-bond acceptors (Lipinski definition) is 9. The lowest BCUT2D eigenvalue weighted by Crippen LogP contribution is -2.47. The molecular weight excluding hydrogens is 618 g/mol. The second-order valence-electron chi connectivity index (χ2n) is 10.8. The summed E-state index contributed by atoms with van der Waals surface area (Å²) in [6.45, 7) is 6.40. The molecule has 1 saturated heterocycles. The summed E-state index contributed by atoms with van der Waals surface area (Å²) in [5.74, 6) is 1.26. The summed E-state index contributed by atoms with van der Waals surface area (Å²) < 4.78 is 66.2. The smallest absolute Gasteiger partial charge is 0.261 e. The summed E-state index contributed by atoms with van der Waals surface area (Å²) in [5.41, 5.74) is 2.14. The fraction of sp³-hybridized carbons (Fsp3) is 0.344. The zero-order valence-corrected chi connectivity index (χ0v) is 27.5. The van der Waals surface area contributed by atoms with Gasteiger partial charge in [0.15, 0.2) is 11.0 Å². The molecule has 1 aliphatic heterocycles. The molecule has 1 aliphatic rings. The van der Waals surface area contributed by atoms with Crippen LogP contribution in [0, 0.1) is 6.92 Å². The van der Waals surface area contributed by atoms with Crippen molar-refractivity contribution in [2.45, 2.75) is 18.2 Å². The number of anilines is 1. The molecule has 0 radical (unpaired) electrons. The fourth-order valence-corrected chi connectivity index (χ4v) is 6.60. The summed E-state index contributed by atoms with van der Waals surface area (Å²) in [6.07, 6.45) is 1.40. The average molecular weight is 658 g/mol. The second-order valence-corrected chi connectivity index (χ2v) is 14.3. The van der Waals surface area contributed by atoms with Gasteiger partial charge in [-0.25, -0.2) is 12.7 Å². The van der Waals surface area contributed by atoms with Crippen LogP contribution in [-0.2, 0) is 20.1 Å². The molecule has 1 N–H and O–H groups in total. The van der Waals surface area contributed by atoms with Crippen molar-refractivity contribution >= 4 is 36.8 Å². The van der Waals surface area contributed by atoms with E-state index in [2.05, 4.69) is 15.9 Å². The van der Waals surface area contributed by atoms with E-state index in [4.69, 9.17) is 13.7 Å². The Morgan fingerprint density at radius 2 is 1.53 bits per heavy atom. The number of benzene rings is 3. The van der Waals surface area contributed by atoms with Gasteiger partial charge in [-0.15, -0.1) is 0 Å². The van der Waals surface area contributed by atoms with Crippen LogP contribution in [0.15, 0.2) is 86.9 Å².